The van der Waals surface area contributed by atoms with Crippen molar-refractivity contribution in [3.05, 3.63) is 23.8 Å². The fraction of sp³-hybridized carbons (Fsp3) is 0.333. The Kier molecular flexibility index (Phi) is 1.46. The Bertz CT molecular complexity index is 248. The van der Waals surface area contributed by atoms with Gasteiger partial charge in [-0.3, -0.25) is 0 Å². The molecule has 1 heterocycles. The lowest BCUT2D eigenvalue weighted by Gasteiger charge is -2.19. The van der Waals surface area contributed by atoms with Crippen molar-refractivity contribution >= 4 is 5.69 Å². The maximum absolute atomic E-state index is 5.44. The molecule has 2 nitrogen and oxygen atoms in total. The molecule has 0 fully saturated rings. The van der Waals surface area contributed by atoms with E-state index in [0.29, 0.717) is 0 Å². The number of benzene rings is 1. The smallest absolute Gasteiger partial charge is 0.142 e. The van der Waals surface area contributed by atoms with Crippen LogP contribution in [0.25, 0.3) is 0 Å². The number of ether oxygens (including phenoxy) is 1. The summed E-state index contributed by atoms with van der Waals surface area (Å²) in [5.74, 6) is 0.983. The van der Waals surface area contributed by atoms with Crippen LogP contribution in [-0.4, -0.2) is 13.7 Å². The minimum atomic E-state index is 0.816. The first-order chi connectivity index (χ1) is 5.42. The lowest BCUT2D eigenvalue weighted by atomic mass is 10.1. The molecule has 1 aliphatic rings. The summed E-state index contributed by atoms with van der Waals surface area (Å²) in [7, 11) is 1.93. The van der Waals surface area contributed by atoms with E-state index in [-0.39, 0.29) is 0 Å². The summed E-state index contributed by atoms with van der Waals surface area (Å²) in [4.78, 5) is 0. The molecule has 2 bridgehead atoms. The average Bonchev–Trinajstić information content (AvgIpc) is 2.03. The highest BCUT2D eigenvalue weighted by molar-refractivity contribution is 5.62. The maximum atomic E-state index is 5.44. The molecule has 0 radical (unpaired) electrons. The number of anilines is 1. The predicted molar refractivity (Wildman–Crippen MR) is 45.2 cm³/mol. The highest BCUT2D eigenvalue weighted by Crippen LogP contribution is 2.31. The van der Waals surface area contributed by atoms with Gasteiger partial charge in [0.15, 0.2) is 0 Å². The highest BCUT2D eigenvalue weighted by Gasteiger charge is 2.12. The fourth-order valence-corrected chi connectivity index (χ4v) is 1.46. The first kappa shape index (κ1) is 6.53. The van der Waals surface area contributed by atoms with Gasteiger partial charge in [0.25, 0.3) is 0 Å². The van der Waals surface area contributed by atoms with E-state index in [2.05, 4.69) is 11.4 Å². The zero-order valence-electron chi connectivity index (χ0n) is 6.55. The van der Waals surface area contributed by atoms with Gasteiger partial charge in [-0.15, -0.1) is 0 Å². The summed E-state index contributed by atoms with van der Waals surface area (Å²) >= 11 is 0. The molecule has 0 aliphatic carbocycles. The van der Waals surface area contributed by atoms with Gasteiger partial charge in [-0.2, -0.15) is 0 Å². The van der Waals surface area contributed by atoms with Gasteiger partial charge in [-0.25, -0.2) is 0 Å². The molecule has 11 heavy (non-hydrogen) atoms. The zero-order chi connectivity index (χ0) is 7.68. The topological polar surface area (TPSA) is 21.3 Å². The molecule has 0 unspecified atom stereocenters. The molecular weight excluding hydrogens is 138 g/mol. The highest BCUT2D eigenvalue weighted by atomic mass is 16.5. The second kappa shape index (κ2) is 2.46. The second-order valence-electron chi connectivity index (χ2n) is 2.64. The van der Waals surface area contributed by atoms with Crippen molar-refractivity contribution in [2.24, 2.45) is 0 Å². The van der Waals surface area contributed by atoms with E-state index in [9.17, 15) is 0 Å². The van der Waals surface area contributed by atoms with E-state index in [1.165, 1.54) is 5.56 Å². The van der Waals surface area contributed by atoms with Gasteiger partial charge in [0.2, 0.25) is 0 Å². The molecule has 1 aliphatic heterocycles. The molecular formula is C9H11NO. The molecule has 0 saturated heterocycles. The Hall–Kier alpha value is -1.18. The van der Waals surface area contributed by atoms with Gasteiger partial charge in [-0.05, 0) is 11.6 Å². The standard InChI is InChI=1S/C9H11NO/c1-10-9-7-3-2-4-8(9)11-6-5-7/h2-4,10H,5-6H2,1H3. The number of hydrogen-bond acceptors (Lipinski definition) is 2. The predicted octanol–water partition coefficient (Wildman–Crippen LogP) is 1.66. The summed E-state index contributed by atoms with van der Waals surface area (Å²) in [6.45, 7) is 0.816. The lowest BCUT2D eigenvalue weighted by Crippen LogP contribution is -2.11. The minimum Gasteiger partial charge on any atom is -0.491 e. The normalized spacial score (nSPS) is 13.9. The fourth-order valence-electron chi connectivity index (χ4n) is 1.46. The monoisotopic (exact) mass is 149 g/mol. The first-order valence-electron chi connectivity index (χ1n) is 3.84. The third-order valence-electron chi connectivity index (χ3n) is 1.99. The SMILES string of the molecule is CNc1c2cccc1OCC2. The summed E-state index contributed by atoms with van der Waals surface area (Å²) in [5.41, 5.74) is 2.51. The summed E-state index contributed by atoms with van der Waals surface area (Å²) in [5, 5.41) is 3.14. The van der Waals surface area contributed by atoms with Gasteiger partial charge in [0.1, 0.15) is 5.75 Å². The van der Waals surface area contributed by atoms with Crippen LogP contribution in [0.1, 0.15) is 5.56 Å². The van der Waals surface area contributed by atoms with Crippen LogP contribution < -0.4 is 10.1 Å². The molecule has 1 aromatic rings. The number of fused-ring (bicyclic) bond motifs is 2. The summed E-state index contributed by atoms with van der Waals surface area (Å²) < 4.78 is 5.44. The molecule has 2 heteroatoms. The average molecular weight is 149 g/mol. The molecule has 1 N–H and O–H groups in total. The number of rotatable bonds is 1. The zero-order valence-corrected chi connectivity index (χ0v) is 6.55. The van der Waals surface area contributed by atoms with E-state index in [0.717, 1.165) is 24.5 Å². The van der Waals surface area contributed by atoms with E-state index < -0.39 is 0 Å². The molecule has 0 aromatic heterocycles. The van der Waals surface area contributed by atoms with Crippen LogP contribution >= 0.6 is 0 Å². The van der Waals surface area contributed by atoms with Crippen molar-refractivity contribution in [1.29, 1.82) is 0 Å². The molecule has 2 rings (SSSR count). The number of hydrogen-bond donors (Lipinski definition) is 1. The Morgan fingerprint density at radius 1 is 1.45 bits per heavy atom. The second-order valence-corrected chi connectivity index (χ2v) is 2.64. The van der Waals surface area contributed by atoms with Gasteiger partial charge >= 0.3 is 0 Å². The Balaban J connectivity index is 2.54. The van der Waals surface area contributed by atoms with Crippen LogP contribution in [0, 0.1) is 0 Å². The van der Waals surface area contributed by atoms with Crippen LogP contribution in [0.4, 0.5) is 5.69 Å². The van der Waals surface area contributed by atoms with Crippen LogP contribution in [0.5, 0.6) is 5.75 Å². The van der Waals surface area contributed by atoms with E-state index in [4.69, 9.17) is 4.74 Å². The molecule has 0 spiro atoms. The first-order valence-corrected chi connectivity index (χ1v) is 3.84. The Morgan fingerprint density at radius 3 is 3.00 bits per heavy atom. The van der Waals surface area contributed by atoms with Crippen molar-refractivity contribution in [3.8, 4) is 5.75 Å². The van der Waals surface area contributed by atoms with E-state index in [1.807, 2.05) is 19.2 Å². The Morgan fingerprint density at radius 2 is 2.36 bits per heavy atom. The maximum Gasteiger partial charge on any atom is 0.142 e. The third kappa shape index (κ3) is 0.946. The van der Waals surface area contributed by atoms with Crippen LogP contribution in [0.2, 0.25) is 0 Å². The van der Waals surface area contributed by atoms with Crippen molar-refractivity contribution < 1.29 is 4.74 Å². The van der Waals surface area contributed by atoms with Crippen molar-refractivity contribution in [2.75, 3.05) is 19.0 Å². The van der Waals surface area contributed by atoms with Gasteiger partial charge in [0.05, 0.1) is 12.3 Å². The summed E-state index contributed by atoms with van der Waals surface area (Å²) in [6, 6.07) is 6.16. The minimum absolute atomic E-state index is 0.816. The molecule has 0 amide bonds. The van der Waals surface area contributed by atoms with Gasteiger partial charge in [-0.1, -0.05) is 12.1 Å². The van der Waals surface area contributed by atoms with Crippen LogP contribution in [-0.2, 0) is 6.42 Å². The molecule has 1 aromatic carbocycles. The van der Waals surface area contributed by atoms with Crippen LogP contribution in [0.15, 0.2) is 18.2 Å². The van der Waals surface area contributed by atoms with Crippen molar-refractivity contribution in [2.45, 2.75) is 6.42 Å². The van der Waals surface area contributed by atoms with Crippen molar-refractivity contribution in [3.63, 3.8) is 0 Å². The van der Waals surface area contributed by atoms with Gasteiger partial charge < -0.3 is 10.1 Å². The third-order valence-corrected chi connectivity index (χ3v) is 1.99. The van der Waals surface area contributed by atoms with Crippen molar-refractivity contribution in [1.82, 2.24) is 0 Å². The van der Waals surface area contributed by atoms with Gasteiger partial charge in [0, 0.05) is 13.5 Å². The quantitative estimate of drug-likeness (QED) is 0.655. The molecule has 58 valence electrons. The largest absolute Gasteiger partial charge is 0.491 e. The Labute approximate surface area is 66.2 Å². The summed E-state index contributed by atoms with van der Waals surface area (Å²) in [6.07, 6.45) is 1.02. The van der Waals surface area contributed by atoms with E-state index >= 15 is 0 Å². The number of nitrogens with one attached hydrogen (secondary N) is 1. The lowest BCUT2D eigenvalue weighted by molar-refractivity contribution is 0.313. The molecule has 0 atom stereocenters. The molecule has 0 saturated carbocycles. The van der Waals surface area contributed by atoms with Crippen LogP contribution in [0.3, 0.4) is 0 Å². The van der Waals surface area contributed by atoms with E-state index in [1.54, 1.807) is 0 Å². The number of para-hydroxylation sites is 1.